The molecule has 3 rings (SSSR count). The SMILES string of the molecule is CS(=O)(=O)CCN1CCN(C(=O)/C=C/c2ccc(N3CCCC3=O)cc2)CC1. The van der Waals surface area contributed by atoms with Gasteiger partial charge in [-0.25, -0.2) is 8.42 Å². The van der Waals surface area contributed by atoms with Gasteiger partial charge in [-0.15, -0.1) is 0 Å². The van der Waals surface area contributed by atoms with Crippen LogP contribution >= 0.6 is 0 Å². The molecule has 0 N–H and O–H groups in total. The average molecular weight is 406 g/mol. The maximum atomic E-state index is 12.4. The lowest BCUT2D eigenvalue weighted by Crippen LogP contribution is -2.49. The van der Waals surface area contributed by atoms with Gasteiger partial charge in [0.05, 0.1) is 5.75 Å². The van der Waals surface area contributed by atoms with E-state index in [1.807, 2.05) is 24.3 Å². The van der Waals surface area contributed by atoms with E-state index in [1.54, 1.807) is 22.0 Å². The molecule has 0 radical (unpaired) electrons. The molecule has 0 unspecified atom stereocenters. The summed E-state index contributed by atoms with van der Waals surface area (Å²) in [5, 5.41) is 0. The van der Waals surface area contributed by atoms with E-state index in [1.165, 1.54) is 6.26 Å². The number of hydrogen-bond acceptors (Lipinski definition) is 5. The van der Waals surface area contributed by atoms with Crippen molar-refractivity contribution in [3.05, 3.63) is 35.9 Å². The first-order valence-corrected chi connectivity index (χ1v) is 11.7. The normalized spacial score (nSPS) is 19.0. The van der Waals surface area contributed by atoms with Crippen LogP contribution in [0, 0.1) is 0 Å². The number of anilines is 1. The molecule has 2 aliphatic heterocycles. The van der Waals surface area contributed by atoms with Crippen LogP contribution in [0.2, 0.25) is 0 Å². The Morgan fingerprint density at radius 3 is 2.32 bits per heavy atom. The molecule has 0 bridgehead atoms. The predicted molar refractivity (Wildman–Crippen MR) is 110 cm³/mol. The molecule has 2 amide bonds. The van der Waals surface area contributed by atoms with Gasteiger partial charge in [-0.2, -0.15) is 0 Å². The molecule has 0 atom stereocenters. The molecule has 28 heavy (non-hydrogen) atoms. The van der Waals surface area contributed by atoms with Crippen LogP contribution in [0.3, 0.4) is 0 Å². The molecule has 2 aliphatic rings. The third kappa shape index (κ3) is 5.65. The van der Waals surface area contributed by atoms with Crippen molar-refractivity contribution in [2.45, 2.75) is 12.8 Å². The largest absolute Gasteiger partial charge is 0.337 e. The number of rotatable bonds is 6. The topological polar surface area (TPSA) is 78.0 Å². The first-order valence-electron chi connectivity index (χ1n) is 9.59. The summed E-state index contributed by atoms with van der Waals surface area (Å²) in [5.41, 5.74) is 1.81. The highest BCUT2D eigenvalue weighted by molar-refractivity contribution is 7.90. The van der Waals surface area contributed by atoms with Crippen LogP contribution < -0.4 is 4.90 Å². The van der Waals surface area contributed by atoms with E-state index >= 15 is 0 Å². The highest BCUT2D eigenvalue weighted by Gasteiger charge is 2.22. The van der Waals surface area contributed by atoms with Crippen molar-refractivity contribution in [2.75, 3.05) is 56.2 Å². The van der Waals surface area contributed by atoms with Gasteiger partial charge in [-0.3, -0.25) is 14.5 Å². The van der Waals surface area contributed by atoms with Crippen LogP contribution in [0.25, 0.3) is 6.08 Å². The molecule has 1 aromatic carbocycles. The average Bonchev–Trinajstić information content (AvgIpc) is 3.10. The van der Waals surface area contributed by atoms with Gasteiger partial charge < -0.3 is 9.80 Å². The molecule has 0 saturated carbocycles. The van der Waals surface area contributed by atoms with Gasteiger partial charge in [0, 0.05) is 63.7 Å². The van der Waals surface area contributed by atoms with Gasteiger partial charge in [0.25, 0.3) is 0 Å². The van der Waals surface area contributed by atoms with Crippen molar-refractivity contribution in [3.63, 3.8) is 0 Å². The molecule has 152 valence electrons. The Labute approximate surface area is 166 Å². The van der Waals surface area contributed by atoms with Crippen LogP contribution in [0.5, 0.6) is 0 Å². The van der Waals surface area contributed by atoms with Crippen LogP contribution in [0.1, 0.15) is 18.4 Å². The second-order valence-corrected chi connectivity index (χ2v) is 9.63. The Kier molecular flexibility index (Phi) is 6.51. The Morgan fingerprint density at radius 1 is 1.07 bits per heavy atom. The van der Waals surface area contributed by atoms with Crippen LogP contribution in [0.4, 0.5) is 5.69 Å². The predicted octanol–water partition coefficient (Wildman–Crippen LogP) is 1.02. The molecule has 0 aliphatic carbocycles. The van der Waals surface area contributed by atoms with Gasteiger partial charge in [0.2, 0.25) is 11.8 Å². The first kappa shape index (κ1) is 20.5. The van der Waals surface area contributed by atoms with Crippen molar-refractivity contribution in [1.29, 1.82) is 0 Å². The quantitative estimate of drug-likeness (QED) is 0.661. The number of sulfone groups is 1. The number of carbonyl (C=O) groups excluding carboxylic acids is 2. The van der Waals surface area contributed by atoms with Crippen molar-refractivity contribution in [1.82, 2.24) is 9.80 Å². The van der Waals surface area contributed by atoms with Crippen LogP contribution in [-0.2, 0) is 19.4 Å². The Morgan fingerprint density at radius 2 is 1.75 bits per heavy atom. The zero-order valence-corrected chi connectivity index (χ0v) is 17.0. The number of nitrogens with zero attached hydrogens (tertiary/aromatic N) is 3. The van der Waals surface area contributed by atoms with E-state index < -0.39 is 9.84 Å². The summed E-state index contributed by atoms with van der Waals surface area (Å²) in [6.45, 7) is 3.86. The summed E-state index contributed by atoms with van der Waals surface area (Å²) in [6.07, 6.45) is 6.11. The minimum atomic E-state index is -2.96. The highest BCUT2D eigenvalue weighted by Crippen LogP contribution is 2.22. The van der Waals surface area contributed by atoms with E-state index in [0.717, 1.165) is 24.2 Å². The Hall–Kier alpha value is -2.19. The van der Waals surface area contributed by atoms with Crippen molar-refractivity contribution < 1.29 is 18.0 Å². The number of carbonyl (C=O) groups is 2. The van der Waals surface area contributed by atoms with Crippen molar-refractivity contribution >= 4 is 33.4 Å². The van der Waals surface area contributed by atoms with Gasteiger partial charge in [0.1, 0.15) is 9.84 Å². The lowest BCUT2D eigenvalue weighted by molar-refractivity contribution is -0.127. The number of amides is 2. The fourth-order valence-corrected chi connectivity index (χ4v) is 4.04. The van der Waals surface area contributed by atoms with Crippen LogP contribution in [0.15, 0.2) is 30.3 Å². The third-order valence-corrected chi connectivity index (χ3v) is 6.08. The monoisotopic (exact) mass is 405 g/mol. The van der Waals surface area contributed by atoms with Crippen molar-refractivity contribution in [3.8, 4) is 0 Å². The summed E-state index contributed by atoms with van der Waals surface area (Å²) in [5.74, 6) is 0.274. The maximum Gasteiger partial charge on any atom is 0.246 e. The molecule has 2 fully saturated rings. The lowest BCUT2D eigenvalue weighted by Gasteiger charge is -2.34. The standard InChI is InChI=1S/C20H27N3O4S/c1-28(26,27)16-15-21-11-13-22(14-12-21)19(24)9-6-17-4-7-18(8-5-17)23-10-2-3-20(23)25/h4-9H,2-3,10-16H2,1H3/b9-6+. The third-order valence-electron chi connectivity index (χ3n) is 5.16. The molecule has 2 heterocycles. The minimum Gasteiger partial charge on any atom is -0.337 e. The maximum absolute atomic E-state index is 12.4. The molecule has 0 spiro atoms. The number of hydrogen-bond donors (Lipinski definition) is 0. The molecule has 2 saturated heterocycles. The molecule has 8 heteroatoms. The second kappa shape index (κ2) is 8.87. The summed E-state index contributed by atoms with van der Waals surface area (Å²) >= 11 is 0. The van der Waals surface area contributed by atoms with Gasteiger partial charge in [-0.05, 0) is 30.2 Å². The summed E-state index contributed by atoms with van der Waals surface area (Å²) in [6, 6.07) is 7.64. The summed E-state index contributed by atoms with van der Waals surface area (Å²) < 4.78 is 22.5. The van der Waals surface area contributed by atoms with E-state index in [0.29, 0.717) is 39.1 Å². The lowest BCUT2D eigenvalue weighted by atomic mass is 10.1. The van der Waals surface area contributed by atoms with E-state index in [-0.39, 0.29) is 17.6 Å². The zero-order valence-electron chi connectivity index (χ0n) is 16.2. The smallest absolute Gasteiger partial charge is 0.246 e. The fourth-order valence-electron chi connectivity index (χ4n) is 3.45. The molecular formula is C20H27N3O4S. The van der Waals surface area contributed by atoms with Gasteiger partial charge in [0.15, 0.2) is 0 Å². The fraction of sp³-hybridized carbons (Fsp3) is 0.500. The zero-order chi connectivity index (χ0) is 20.1. The van der Waals surface area contributed by atoms with Gasteiger partial charge in [-0.1, -0.05) is 12.1 Å². The Balaban J connectivity index is 1.48. The second-order valence-electron chi connectivity index (χ2n) is 7.37. The summed E-state index contributed by atoms with van der Waals surface area (Å²) in [7, 11) is -2.96. The van der Waals surface area contributed by atoms with E-state index in [9.17, 15) is 18.0 Å². The van der Waals surface area contributed by atoms with E-state index in [2.05, 4.69) is 4.90 Å². The molecule has 7 nitrogen and oxygen atoms in total. The molecule has 1 aromatic rings. The minimum absolute atomic E-state index is 0.0402. The molecule has 0 aromatic heterocycles. The highest BCUT2D eigenvalue weighted by atomic mass is 32.2. The number of benzene rings is 1. The summed E-state index contributed by atoms with van der Waals surface area (Å²) in [4.78, 5) is 29.8. The Bertz CT molecular complexity index is 841. The van der Waals surface area contributed by atoms with E-state index in [4.69, 9.17) is 0 Å². The van der Waals surface area contributed by atoms with Gasteiger partial charge >= 0.3 is 0 Å². The molecular weight excluding hydrogens is 378 g/mol. The number of piperazine rings is 1. The first-order chi connectivity index (χ1) is 13.3. The van der Waals surface area contributed by atoms with Crippen molar-refractivity contribution in [2.24, 2.45) is 0 Å². The van der Waals surface area contributed by atoms with Crippen LogP contribution in [-0.4, -0.2) is 81.3 Å².